The number of aliphatic hydroxyl groups excluding tert-OH is 1. The standard InChI is InChI=1S/C14H20BrNO/c1-9-7-11(8-10(2)14(9)15)16-12-5-3-4-6-13(12)17/h7-8,12-13,16-17H,3-6H2,1-2H3/t12-,13-/m1/s1. The molecule has 0 amide bonds. The van der Waals surface area contributed by atoms with Crippen LogP contribution in [0.1, 0.15) is 36.8 Å². The molecule has 2 rings (SSSR count). The van der Waals surface area contributed by atoms with Gasteiger partial charge in [0, 0.05) is 10.2 Å². The summed E-state index contributed by atoms with van der Waals surface area (Å²) in [4.78, 5) is 0. The topological polar surface area (TPSA) is 32.3 Å². The molecular weight excluding hydrogens is 278 g/mol. The molecule has 1 aliphatic rings. The van der Waals surface area contributed by atoms with Gasteiger partial charge in [-0.3, -0.25) is 0 Å². The fourth-order valence-corrected chi connectivity index (χ4v) is 2.75. The van der Waals surface area contributed by atoms with E-state index in [9.17, 15) is 5.11 Å². The quantitative estimate of drug-likeness (QED) is 0.871. The van der Waals surface area contributed by atoms with Gasteiger partial charge in [0.25, 0.3) is 0 Å². The van der Waals surface area contributed by atoms with Gasteiger partial charge < -0.3 is 10.4 Å². The first kappa shape index (κ1) is 12.9. The van der Waals surface area contributed by atoms with Crippen molar-refractivity contribution < 1.29 is 5.11 Å². The van der Waals surface area contributed by atoms with Crippen LogP contribution in [-0.2, 0) is 0 Å². The average molecular weight is 298 g/mol. The molecule has 3 heteroatoms. The third kappa shape index (κ3) is 3.02. The van der Waals surface area contributed by atoms with Gasteiger partial charge in [-0.15, -0.1) is 0 Å². The van der Waals surface area contributed by atoms with E-state index in [4.69, 9.17) is 0 Å². The molecule has 0 unspecified atom stereocenters. The zero-order valence-corrected chi connectivity index (χ0v) is 12.0. The summed E-state index contributed by atoms with van der Waals surface area (Å²) < 4.78 is 1.17. The molecule has 17 heavy (non-hydrogen) atoms. The van der Waals surface area contributed by atoms with Gasteiger partial charge in [0.15, 0.2) is 0 Å². The highest BCUT2D eigenvalue weighted by molar-refractivity contribution is 9.10. The molecule has 2 nitrogen and oxygen atoms in total. The first-order valence-electron chi connectivity index (χ1n) is 6.29. The lowest BCUT2D eigenvalue weighted by Gasteiger charge is -2.29. The Labute approximate surface area is 112 Å². The van der Waals surface area contributed by atoms with Crippen LogP contribution in [0.15, 0.2) is 16.6 Å². The molecule has 0 aromatic heterocycles. The normalized spacial score (nSPS) is 24.7. The Balaban J connectivity index is 2.12. The van der Waals surface area contributed by atoms with Crippen LogP contribution in [-0.4, -0.2) is 17.3 Å². The van der Waals surface area contributed by atoms with Crippen LogP contribution in [0.4, 0.5) is 5.69 Å². The Hall–Kier alpha value is -0.540. The van der Waals surface area contributed by atoms with Crippen LogP contribution in [0.3, 0.4) is 0 Å². The van der Waals surface area contributed by atoms with E-state index < -0.39 is 0 Å². The summed E-state index contributed by atoms with van der Waals surface area (Å²) >= 11 is 3.57. The third-order valence-electron chi connectivity index (χ3n) is 3.52. The van der Waals surface area contributed by atoms with Crippen molar-refractivity contribution in [3.05, 3.63) is 27.7 Å². The smallest absolute Gasteiger partial charge is 0.0741 e. The van der Waals surface area contributed by atoms with Crippen molar-refractivity contribution in [3.63, 3.8) is 0 Å². The van der Waals surface area contributed by atoms with E-state index in [1.807, 2.05) is 0 Å². The van der Waals surface area contributed by atoms with Crippen molar-refractivity contribution in [2.24, 2.45) is 0 Å². The number of aliphatic hydroxyl groups is 1. The van der Waals surface area contributed by atoms with Gasteiger partial charge in [0.2, 0.25) is 0 Å². The highest BCUT2D eigenvalue weighted by Gasteiger charge is 2.22. The summed E-state index contributed by atoms with van der Waals surface area (Å²) in [7, 11) is 0. The molecule has 2 N–H and O–H groups in total. The van der Waals surface area contributed by atoms with Crippen molar-refractivity contribution in [3.8, 4) is 0 Å². The summed E-state index contributed by atoms with van der Waals surface area (Å²) in [6, 6.07) is 4.49. The maximum Gasteiger partial charge on any atom is 0.0741 e. The summed E-state index contributed by atoms with van der Waals surface area (Å²) in [5.41, 5.74) is 3.59. The summed E-state index contributed by atoms with van der Waals surface area (Å²) in [6.45, 7) is 4.19. The number of anilines is 1. The number of halogens is 1. The number of aryl methyl sites for hydroxylation is 2. The first-order valence-corrected chi connectivity index (χ1v) is 7.08. The molecule has 94 valence electrons. The average Bonchev–Trinajstić information content (AvgIpc) is 2.29. The monoisotopic (exact) mass is 297 g/mol. The molecule has 0 heterocycles. The minimum atomic E-state index is -0.201. The molecule has 0 aliphatic heterocycles. The van der Waals surface area contributed by atoms with E-state index in [2.05, 4.69) is 47.2 Å². The van der Waals surface area contributed by atoms with Crippen LogP contribution < -0.4 is 5.32 Å². The van der Waals surface area contributed by atoms with Crippen LogP contribution >= 0.6 is 15.9 Å². The zero-order valence-electron chi connectivity index (χ0n) is 10.5. The number of hydrogen-bond acceptors (Lipinski definition) is 2. The Morgan fingerprint density at radius 3 is 2.35 bits per heavy atom. The fraction of sp³-hybridized carbons (Fsp3) is 0.571. The highest BCUT2D eigenvalue weighted by Crippen LogP contribution is 2.27. The number of hydrogen-bond donors (Lipinski definition) is 2. The molecule has 1 aromatic carbocycles. The van der Waals surface area contributed by atoms with Crippen molar-refractivity contribution >= 4 is 21.6 Å². The minimum absolute atomic E-state index is 0.201. The van der Waals surface area contributed by atoms with Crippen LogP contribution in [0.25, 0.3) is 0 Å². The molecule has 0 spiro atoms. The Morgan fingerprint density at radius 1 is 1.18 bits per heavy atom. The summed E-state index contributed by atoms with van der Waals surface area (Å²) in [5.74, 6) is 0. The minimum Gasteiger partial charge on any atom is -0.391 e. The maximum absolute atomic E-state index is 9.95. The lowest BCUT2D eigenvalue weighted by Crippen LogP contribution is -2.36. The van der Waals surface area contributed by atoms with Crippen molar-refractivity contribution in [2.75, 3.05) is 5.32 Å². The van der Waals surface area contributed by atoms with Gasteiger partial charge in [0.1, 0.15) is 0 Å². The molecule has 1 aromatic rings. The Bertz CT molecular complexity index is 382. The van der Waals surface area contributed by atoms with Crippen molar-refractivity contribution in [1.82, 2.24) is 0 Å². The fourth-order valence-electron chi connectivity index (χ4n) is 2.52. The number of rotatable bonds is 2. The molecule has 1 fully saturated rings. The number of benzene rings is 1. The highest BCUT2D eigenvalue weighted by atomic mass is 79.9. The van der Waals surface area contributed by atoms with Gasteiger partial charge >= 0.3 is 0 Å². The van der Waals surface area contributed by atoms with E-state index in [-0.39, 0.29) is 12.1 Å². The van der Waals surface area contributed by atoms with E-state index in [0.717, 1.165) is 24.9 Å². The third-order valence-corrected chi connectivity index (χ3v) is 4.77. The van der Waals surface area contributed by atoms with Crippen LogP contribution in [0.2, 0.25) is 0 Å². The second kappa shape index (κ2) is 5.40. The van der Waals surface area contributed by atoms with Gasteiger partial charge in [-0.05, 0) is 49.9 Å². The van der Waals surface area contributed by atoms with Crippen molar-refractivity contribution in [2.45, 2.75) is 51.7 Å². The molecular formula is C14H20BrNO. The van der Waals surface area contributed by atoms with Crippen LogP contribution in [0.5, 0.6) is 0 Å². The van der Waals surface area contributed by atoms with Crippen molar-refractivity contribution in [1.29, 1.82) is 0 Å². The summed E-state index contributed by atoms with van der Waals surface area (Å²) in [5, 5.41) is 13.4. The van der Waals surface area contributed by atoms with Gasteiger partial charge in [-0.2, -0.15) is 0 Å². The molecule has 0 bridgehead atoms. The van der Waals surface area contributed by atoms with E-state index in [1.54, 1.807) is 0 Å². The molecule has 0 saturated heterocycles. The Morgan fingerprint density at radius 2 is 1.76 bits per heavy atom. The lowest BCUT2D eigenvalue weighted by atomic mass is 9.92. The first-order chi connectivity index (χ1) is 8.08. The van der Waals surface area contributed by atoms with E-state index in [1.165, 1.54) is 22.0 Å². The second-order valence-electron chi connectivity index (χ2n) is 5.03. The van der Waals surface area contributed by atoms with Crippen LogP contribution in [0, 0.1) is 13.8 Å². The largest absolute Gasteiger partial charge is 0.391 e. The van der Waals surface area contributed by atoms with Gasteiger partial charge in [0.05, 0.1) is 12.1 Å². The molecule has 2 atom stereocenters. The predicted molar refractivity (Wildman–Crippen MR) is 75.5 cm³/mol. The predicted octanol–water partition coefficient (Wildman–Crippen LogP) is 3.78. The Kier molecular flexibility index (Phi) is 4.10. The zero-order chi connectivity index (χ0) is 12.4. The van der Waals surface area contributed by atoms with E-state index in [0.29, 0.717) is 0 Å². The number of nitrogens with one attached hydrogen (secondary N) is 1. The SMILES string of the molecule is Cc1cc(N[C@@H]2CCCC[C@H]2O)cc(C)c1Br. The maximum atomic E-state index is 9.95. The second-order valence-corrected chi connectivity index (χ2v) is 5.82. The van der Waals surface area contributed by atoms with E-state index >= 15 is 0 Å². The lowest BCUT2D eigenvalue weighted by molar-refractivity contribution is 0.116. The molecule has 0 radical (unpaired) electrons. The van der Waals surface area contributed by atoms with Gasteiger partial charge in [-0.25, -0.2) is 0 Å². The summed E-state index contributed by atoms with van der Waals surface area (Å²) in [6.07, 6.45) is 4.15. The molecule has 1 aliphatic carbocycles. The molecule has 1 saturated carbocycles. The van der Waals surface area contributed by atoms with Gasteiger partial charge in [-0.1, -0.05) is 28.8 Å².